The topological polar surface area (TPSA) is 43.6 Å². The van der Waals surface area contributed by atoms with Crippen LogP contribution in [-0.4, -0.2) is 19.5 Å². The Bertz CT molecular complexity index is 841. The number of unbranched alkanes of at least 4 members (excludes halogenated alkanes) is 1. The van der Waals surface area contributed by atoms with Crippen LogP contribution in [0.1, 0.15) is 12.8 Å². The van der Waals surface area contributed by atoms with Crippen LogP contribution in [0, 0.1) is 12.3 Å². The molecule has 3 rings (SSSR count). The van der Waals surface area contributed by atoms with E-state index in [0.29, 0.717) is 15.2 Å². The summed E-state index contributed by atoms with van der Waals surface area (Å²) in [6, 6.07) is 5.31. The van der Waals surface area contributed by atoms with Gasteiger partial charge in [0.2, 0.25) is 0 Å². The molecule has 0 saturated heterocycles. The zero-order valence-corrected chi connectivity index (χ0v) is 14.4. The van der Waals surface area contributed by atoms with Gasteiger partial charge in [0.05, 0.1) is 17.5 Å². The third-order valence-electron chi connectivity index (χ3n) is 3.14. The van der Waals surface area contributed by atoms with Crippen molar-refractivity contribution in [3.63, 3.8) is 0 Å². The highest BCUT2D eigenvalue weighted by atomic mass is 35.5. The molecule has 0 saturated carbocycles. The first-order chi connectivity index (χ1) is 11.2. The molecule has 1 aromatic rings. The molecule has 2 aliphatic heterocycles. The normalized spacial score (nSPS) is 10.8. The lowest BCUT2D eigenvalue weighted by molar-refractivity contribution is 0.637. The number of nitrogens with zero attached hydrogens (tertiary/aromatic N) is 4. The van der Waals surface area contributed by atoms with E-state index in [2.05, 4.69) is 20.9 Å². The minimum absolute atomic E-state index is 0.614. The molecule has 0 N–H and O–H groups in total. The molecule has 2 aliphatic rings. The SMILES string of the molecule is C#CCCCn1cncc2nc(Sc3cc(Cl)ccc3Cl)nc1-2. The van der Waals surface area contributed by atoms with Crippen LogP contribution in [0.3, 0.4) is 0 Å². The summed E-state index contributed by atoms with van der Waals surface area (Å²) in [6.45, 7) is 0.759. The number of aryl methyl sites for hydroxylation is 1. The summed E-state index contributed by atoms with van der Waals surface area (Å²) in [5.74, 6) is 3.42. The van der Waals surface area contributed by atoms with Gasteiger partial charge in [-0.25, -0.2) is 15.0 Å². The number of rotatable bonds is 5. The van der Waals surface area contributed by atoms with Crippen molar-refractivity contribution in [3.8, 4) is 23.9 Å². The average Bonchev–Trinajstić information content (AvgIpc) is 2.94. The predicted molar refractivity (Wildman–Crippen MR) is 93.1 cm³/mol. The van der Waals surface area contributed by atoms with E-state index in [4.69, 9.17) is 29.6 Å². The Balaban J connectivity index is 1.88. The number of hydrogen-bond acceptors (Lipinski definition) is 4. The molecule has 7 heteroatoms. The summed E-state index contributed by atoms with van der Waals surface area (Å²) in [5.41, 5.74) is 0.744. The molecule has 0 bridgehead atoms. The largest absolute Gasteiger partial charge is 0.315 e. The fourth-order valence-corrected chi connectivity index (χ4v) is 3.37. The monoisotopic (exact) mass is 362 g/mol. The number of halogens is 2. The van der Waals surface area contributed by atoms with Crippen molar-refractivity contribution in [2.45, 2.75) is 29.4 Å². The Hall–Kier alpha value is -1.74. The van der Waals surface area contributed by atoms with Crippen LogP contribution in [0.2, 0.25) is 10.0 Å². The third kappa shape index (κ3) is 3.78. The lowest BCUT2D eigenvalue weighted by Crippen LogP contribution is -2.04. The molecule has 0 spiro atoms. The van der Waals surface area contributed by atoms with Gasteiger partial charge in [0.25, 0.3) is 0 Å². The molecule has 0 amide bonds. The number of aromatic nitrogens is 4. The van der Waals surface area contributed by atoms with Crippen LogP contribution in [-0.2, 0) is 6.54 Å². The van der Waals surface area contributed by atoms with Crippen molar-refractivity contribution >= 4 is 35.0 Å². The maximum Gasteiger partial charge on any atom is 0.195 e. The number of terminal acetylenes is 1. The predicted octanol–water partition coefficient (Wildman–Crippen LogP) is 4.65. The van der Waals surface area contributed by atoms with E-state index >= 15 is 0 Å². The molecule has 0 fully saturated rings. The van der Waals surface area contributed by atoms with Gasteiger partial charge in [0.1, 0.15) is 5.69 Å². The maximum absolute atomic E-state index is 6.19. The molecule has 116 valence electrons. The summed E-state index contributed by atoms with van der Waals surface area (Å²) in [6.07, 6.45) is 10.3. The minimum Gasteiger partial charge on any atom is -0.315 e. The van der Waals surface area contributed by atoms with Crippen molar-refractivity contribution < 1.29 is 0 Å². The van der Waals surface area contributed by atoms with E-state index in [0.717, 1.165) is 35.8 Å². The minimum atomic E-state index is 0.614. The van der Waals surface area contributed by atoms with E-state index in [1.165, 1.54) is 11.8 Å². The van der Waals surface area contributed by atoms with Gasteiger partial charge < -0.3 is 4.57 Å². The van der Waals surface area contributed by atoms with E-state index in [9.17, 15) is 0 Å². The van der Waals surface area contributed by atoms with Crippen molar-refractivity contribution in [2.75, 3.05) is 0 Å². The quantitative estimate of drug-likeness (QED) is 0.489. The van der Waals surface area contributed by atoms with Crippen LogP contribution in [0.5, 0.6) is 0 Å². The van der Waals surface area contributed by atoms with Gasteiger partial charge in [0.15, 0.2) is 11.0 Å². The van der Waals surface area contributed by atoms with E-state index in [1.54, 1.807) is 30.7 Å². The van der Waals surface area contributed by atoms with Gasteiger partial charge in [-0.1, -0.05) is 23.2 Å². The van der Waals surface area contributed by atoms with Gasteiger partial charge in [0, 0.05) is 22.9 Å². The van der Waals surface area contributed by atoms with Crippen molar-refractivity contribution in [3.05, 3.63) is 40.8 Å². The number of benzene rings is 1. The highest BCUT2D eigenvalue weighted by Crippen LogP contribution is 2.35. The van der Waals surface area contributed by atoms with E-state index < -0.39 is 0 Å². The Kier molecular flexibility index (Phi) is 5.06. The Morgan fingerprint density at radius 3 is 2.96 bits per heavy atom. The molecule has 0 unspecified atom stereocenters. The lowest BCUT2D eigenvalue weighted by atomic mass is 10.3. The van der Waals surface area contributed by atoms with Crippen LogP contribution >= 0.6 is 35.0 Å². The fourth-order valence-electron chi connectivity index (χ4n) is 2.08. The average molecular weight is 363 g/mol. The maximum atomic E-state index is 6.19. The molecule has 23 heavy (non-hydrogen) atoms. The van der Waals surface area contributed by atoms with Crippen LogP contribution in [0.4, 0.5) is 0 Å². The molecule has 0 aromatic heterocycles. The van der Waals surface area contributed by atoms with E-state index in [-0.39, 0.29) is 0 Å². The van der Waals surface area contributed by atoms with Gasteiger partial charge in [-0.3, -0.25) is 0 Å². The van der Waals surface area contributed by atoms with E-state index in [1.807, 2.05) is 4.57 Å². The highest BCUT2D eigenvalue weighted by molar-refractivity contribution is 7.99. The second kappa shape index (κ2) is 7.22. The first kappa shape index (κ1) is 16.1. The summed E-state index contributed by atoms with van der Waals surface area (Å²) in [7, 11) is 0. The Morgan fingerprint density at radius 1 is 1.26 bits per heavy atom. The van der Waals surface area contributed by atoms with Gasteiger partial charge in [-0.15, -0.1) is 12.3 Å². The van der Waals surface area contributed by atoms with Crippen molar-refractivity contribution in [1.29, 1.82) is 0 Å². The Morgan fingerprint density at radius 2 is 2.13 bits per heavy atom. The second-order valence-corrected chi connectivity index (χ2v) is 6.64. The molecule has 2 heterocycles. The summed E-state index contributed by atoms with van der Waals surface area (Å²) < 4.78 is 1.96. The van der Waals surface area contributed by atoms with Gasteiger partial charge in [-0.05, 0) is 36.4 Å². The fraction of sp³-hybridized carbons (Fsp3) is 0.188. The molecule has 0 atom stereocenters. The third-order valence-corrected chi connectivity index (χ3v) is 4.74. The number of fused-ring (bicyclic) bond motifs is 1. The molecule has 0 radical (unpaired) electrons. The second-order valence-electron chi connectivity index (χ2n) is 4.79. The van der Waals surface area contributed by atoms with Crippen LogP contribution in [0.15, 0.2) is 40.8 Å². The van der Waals surface area contributed by atoms with Crippen molar-refractivity contribution in [1.82, 2.24) is 19.5 Å². The summed E-state index contributed by atoms with van der Waals surface area (Å²) >= 11 is 13.6. The highest BCUT2D eigenvalue weighted by Gasteiger charge is 2.16. The number of imidazole rings is 1. The molecular formula is C16H12Cl2N4S. The molecule has 4 nitrogen and oxygen atoms in total. The first-order valence-corrected chi connectivity index (χ1v) is 8.49. The smallest absolute Gasteiger partial charge is 0.195 e. The Labute approximate surface area is 148 Å². The molecule has 1 aromatic carbocycles. The number of hydrogen-bond donors (Lipinski definition) is 0. The summed E-state index contributed by atoms with van der Waals surface area (Å²) in [4.78, 5) is 14.1. The zero-order chi connectivity index (χ0) is 16.2. The summed E-state index contributed by atoms with van der Waals surface area (Å²) in [5, 5.41) is 1.86. The standard InChI is InChI=1S/C16H12Cl2N4S/c1-2-3-4-7-22-10-19-9-13-15(22)21-16(20-13)23-14-8-11(17)5-6-12(14)18/h1,5-6,8-10H,3-4,7H2. The first-order valence-electron chi connectivity index (χ1n) is 6.91. The lowest BCUT2D eigenvalue weighted by Gasteiger charge is -2.07. The van der Waals surface area contributed by atoms with Crippen LogP contribution < -0.4 is 0 Å². The zero-order valence-electron chi connectivity index (χ0n) is 12.0. The van der Waals surface area contributed by atoms with Crippen LogP contribution in [0.25, 0.3) is 11.5 Å². The van der Waals surface area contributed by atoms with Gasteiger partial charge >= 0.3 is 0 Å². The van der Waals surface area contributed by atoms with Gasteiger partial charge in [-0.2, -0.15) is 0 Å². The molecule has 0 aliphatic carbocycles. The van der Waals surface area contributed by atoms with Crippen molar-refractivity contribution in [2.24, 2.45) is 0 Å². The molecular weight excluding hydrogens is 351 g/mol.